The van der Waals surface area contributed by atoms with Crippen LogP contribution in [0.25, 0.3) is 0 Å². The summed E-state index contributed by atoms with van der Waals surface area (Å²) >= 11 is 6.12. The van der Waals surface area contributed by atoms with Crippen molar-refractivity contribution >= 4 is 17.3 Å². The van der Waals surface area contributed by atoms with Gasteiger partial charge in [0.15, 0.2) is 0 Å². The van der Waals surface area contributed by atoms with E-state index in [2.05, 4.69) is 5.32 Å². The van der Waals surface area contributed by atoms with Crippen LogP contribution >= 0.6 is 11.6 Å². The fraction of sp³-hybridized carbons (Fsp3) is 0.250. The molecule has 0 radical (unpaired) electrons. The topological polar surface area (TPSA) is 21.3 Å². The number of anilines is 1. The summed E-state index contributed by atoms with van der Waals surface area (Å²) in [5, 5.41) is 4.02. The van der Waals surface area contributed by atoms with Crippen molar-refractivity contribution in [3.8, 4) is 5.75 Å². The van der Waals surface area contributed by atoms with E-state index in [1.54, 1.807) is 13.2 Å². The number of ether oxygens (including phenoxy) is 1. The first-order chi connectivity index (χ1) is 9.67. The molecule has 0 fully saturated rings. The van der Waals surface area contributed by atoms with Crippen LogP contribution < -0.4 is 10.1 Å². The van der Waals surface area contributed by atoms with Crippen LogP contribution in [0, 0.1) is 5.82 Å². The van der Waals surface area contributed by atoms with Gasteiger partial charge in [-0.1, -0.05) is 17.7 Å². The molecule has 104 valence electrons. The monoisotopic (exact) mass is 291 g/mol. The highest BCUT2D eigenvalue weighted by molar-refractivity contribution is 6.32. The number of aryl methyl sites for hydroxylation is 1. The highest BCUT2D eigenvalue weighted by Gasteiger charge is 2.22. The summed E-state index contributed by atoms with van der Waals surface area (Å²) in [5.41, 5.74) is 3.19. The van der Waals surface area contributed by atoms with Crippen molar-refractivity contribution in [2.24, 2.45) is 0 Å². The zero-order chi connectivity index (χ0) is 14.1. The molecule has 0 aromatic heterocycles. The van der Waals surface area contributed by atoms with Gasteiger partial charge in [0, 0.05) is 5.69 Å². The fourth-order valence-corrected chi connectivity index (χ4v) is 2.95. The molecule has 1 atom stereocenters. The molecule has 0 saturated heterocycles. The van der Waals surface area contributed by atoms with Crippen LogP contribution in [-0.2, 0) is 6.42 Å². The van der Waals surface area contributed by atoms with Gasteiger partial charge in [0.1, 0.15) is 11.6 Å². The Morgan fingerprint density at radius 3 is 2.85 bits per heavy atom. The molecule has 4 heteroatoms. The molecular weight excluding hydrogens is 277 g/mol. The summed E-state index contributed by atoms with van der Waals surface area (Å²) in [6.45, 7) is 0. The largest absolute Gasteiger partial charge is 0.495 e. The van der Waals surface area contributed by atoms with Gasteiger partial charge in [-0.25, -0.2) is 4.39 Å². The van der Waals surface area contributed by atoms with Gasteiger partial charge in [0.2, 0.25) is 0 Å². The molecule has 3 rings (SSSR count). The summed E-state index contributed by atoms with van der Waals surface area (Å²) in [4.78, 5) is 0. The lowest BCUT2D eigenvalue weighted by molar-refractivity contribution is 0.415. The van der Waals surface area contributed by atoms with Gasteiger partial charge >= 0.3 is 0 Å². The molecule has 1 N–H and O–H groups in total. The van der Waals surface area contributed by atoms with Crippen molar-refractivity contribution in [3.63, 3.8) is 0 Å². The van der Waals surface area contributed by atoms with E-state index in [0.717, 1.165) is 24.1 Å². The van der Waals surface area contributed by atoms with E-state index >= 15 is 0 Å². The number of halogens is 2. The highest BCUT2D eigenvalue weighted by atomic mass is 35.5. The molecule has 1 aliphatic carbocycles. The zero-order valence-corrected chi connectivity index (χ0v) is 11.9. The average molecular weight is 292 g/mol. The second-order valence-electron chi connectivity index (χ2n) is 4.93. The first-order valence-corrected chi connectivity index (χ1v) is 6.93. The molecule has 2 nitrogen and oxygen atoms in total. The van der Waals surface area contributed by atoms with Gasteiger partial charge in [-0.15, -0.1) is 0 Å². The number of methoxy groups -OCH3 is 1. The van der Waals surface area contributed by atoms with Crippen LogP contribution in [0.15, 0.2) is 36.4 Å². The van der Waals surface area contributed by atoms with Gasteiger partial charge in [0.25, 0.3) is 0 Å². The molecular formula is C16H15ClFNO. The van der Waals surface area contributed by atoms with Crippen LogP contribution in [0.2, 0.25) is 5.02 Å². The summed E-state index contributed by atoms with van der Waals surface area (Å²) in [6.07, 6.45) is 1.86. The number of hydrogen-bond acceptors (Lipinski definition) is 2. The zero-order valence-electron chi connectivity index (χ0n) is 11.1. The van der Waals surface area contributed by atoms with Gasteiger partial charge in [-0.05, 0) is 54.3 Å². The molecule has 2 aromatic rings. The molecule has 1 unspecified atom stereocenters. The van der Waals surface area contributed by atoms with E-state index in [-0.39, 0.29) is 11.9 Å². The van der Waals surface area contributed by atoms with Crippen molar-refractivity contribution in [2.45, 2.75) is 18.9 Å². The van der Waals surface area contributed by atoms with E-state index in [1.165, 1.54) is 11.6 Å². The van der Waals surface area contributed by atoms with Crippen LogP contribution in [0.4, 0.5) is 10.1 Å². The lowest BCUT2D eigenvalue weighted by atomic mass is 10.1. The molecule has 2 aromatic carbocycles. The van der Waals surface area contributed by atoms with E-state index in [0.29, 0.717) is 10.8 Å². The Labute approximate surface area is 122 Å². The quantitative estimate of drug-likeness (QED) is 0.893. The molecule has 0 spiro atoms. The maximum Gasteiger partial charge on any atom is 0.137 e. The maximum absolute atomic E-state index is 13.2. The van der Waals surface area contributed by atoms with Crippen molar-refractivity contribution in [1.82, 2.24) is 0 Å². The summed E-state index contributed by atoms with van der Waals surface area (Å²) in [5.74, 6) is 0.489. The Hall–Kier alpha value is -1.74. The van der Waals surface area contributed by atoms with Crippen molar-refractivity contribution in [3.05, 3.63) is 58.4 Å². The number of fused-ring (bicyclic) bond motifs is 1. The third-order valence-electron chi connectivity index (χ3n) is 3.68. The molecule has 0 saturated carbocycles. The number of rotatable bonds is 3. The second kappa shape index (κ2) is 5.33. The predicted molar refractivity (Wildman–Crippen MR) is 79.1 cm³/mol. The minimum atomic E-state index is -0.170. The summed E-state index contributed by atoms with van der Waals surface area (Å²) in [6, 6.07) is 10.8. The van der Waals surface area contributed by atoms with Gasteiger partial charge in [-0.2, -0.15) is 0 Å². The van der Waals surface area contributed by atoms with E-state index < -0.39 is 0 Å². The van der Waals surface area contributed by atoms with Gasteiger partial charge < -0.3 is 10.1 Å². The van der Waals surface area contributed by atoms with Gasteiger partial charge in [0.05, 0.1) is 18.2 Å². The lowest BCUT2D eigenvalue weighted by Gasteiger charge is -2.16. The third-order valence-corrected chi connectivity index (χ3v) is 3.97. The Bertz CT molecular complexity index is 644. The van der Waals surface area contributed by atoms with Crippen LogP contribution in [0.5, 0.6) is 5.75 Å². The number of hydrogen-bond donors (Lipinski definition) is 1. The van der Waals surface area contributed by atoms with Crippen molar-refractivity contribution in [1.29, 1.82) is 0 Å². The Morgan fingerprint density at radius 1 is 1.25 bits per heavy atom. The minimum absolute atomic E-state index is 0.170. The standard InChI is InChI=1S/C16H15ClFNO/c1-20-16-7-4-12(9-14(16)17)19-15-6-2-10-8-11(18)3-5-13(10)15/h3-5,7-9,15,19H,2,6H2,1H3. The smallest absolute Gasteiger partial charge is 0.137 e. The number of nitrogens with one attached hydrogen (secondary N) is 1. The second-order valence-corrected chi connectivity index (χ2v) is 5.34. The lowest BCUT2D eigenvalue weighted by Crippen LogP contribution is -2.07. The van der Waals surface area contributed by atoms with Crippen LogP contribution in [-0.4, -0.2) is 7.11 Å². The van der Waals surface area contributed by atoms with Crippen molar-refractivity contribution in [2.75, 3.05) is 12.4 Å². The Kier molecular flexibility index (Phi) is 3.53. The molecule has 1 aliphatic rings. The highest BCUT2D eigenvalue weighted by Crippen LogP contribution is 2.35. The molecule has 0 aliphatic heterocycles. The number of benzene rings is 2. The van der Waals surface area contributed by atoms with Crippen molar-refractivity contribution < 1.29 is 9.13 Å². The predicted octanol–water partition coefficient (Wildman–Crippen LogP) is 4.59. The minimum Gasteiger partial charge on any atom is -0.495 e. The van der Waals surface area contributed by atoms with E-state index in [4.69, 9.17) is 16.3 Å². The Balaban J connectivity index is 1.82. The third kappa shape index (κ3) is 2.46. The maximum atomic E-state index is 13.2. The fourth-order valence-electron chi connectivity index (χ4n) is 2.69. The SMILES string of the molecule is COc1ccc(NC2CCc3cc(F)ccc32)cc1Cl. The van der Waals surface area contributed by atoms with Crippen LogP contribution in [0.1, 0.15) is 23.6 Å². The molecule has 20 heavy (non-hydrogen) atoms. The normalized spacial score (nSPS) is 16.9. The van der Waals surface area contributed by atoms with E-state index in [1.807, 2.05) is 24.3 Å². The summed E-state index contributed by atoms with van der Waals surface area (Å²) in [7, 11) is 1.59. The first kappa shape index (κ1) is 13.3. The Morgan fingerprint density at radius 2 is 2.10 bits per heavy atom. The molecule has 0 heterocycles. The first-order valence-electron chi connectivity index (χ1n) is 6.56. The average Bonchev–Trinajstić information content (AvgIpc) is 2.81. The molecule has 0 amide bonds. The van der Waals surface area contributed by atoms with Crippen LogP contribution in [0.3, 0.4) is 0 Å². The molecule has 0 bridgehead atoms. The van der Waals surface area contributed by atoms with E-state index in [9.17, 15) is 4.39 Å². The van der Waals surface area contributed by atoms with Gasteiger partial charge in [-0.3, -0.25) is 0 Å². The summed E-state index contributed by atoms with van der Waals surface area (Å²) < 4.78 is 18.3.